The topological polar surface area (TPSA) is 107 Å². The molecule has 34 heavy (non-hydrogen) atoms. The summed E-state index contributed by atoms with van der Waals surface area (Å²) in [5, 5.41) is 2.75. The third-order valence-electron chi connectivity index (χ3n) is 6.17. The Balaban J connectivity index is 1.66. The van der Waals surface area contributed by atoms with Crippen molar-refractivity contribution < 1.29 is 18.0 Å². The fraction of sp³-hybridized carbons (Fsp3) is 0.320. The van der Waals surface area contributed by atoms with E-state index in [9.17, 15) is 18.0 Å². The number of carbonyl (C=O) groups excluding carboxylic acids is 1. The highest BCUT2D eigenvalue weighted by atomic mass is 19.1. The Morgan fingerprint density at radius 1 is 1.12 bits per heavy atom. The Bertz CT molecular complexity index is 1250. The molecule has 1 aromatic carbocycles. The largest absolute Gasteiger partial charge is 0.328 e. The van der Waals surface area contributed by atoms with E-state index in [4.69, 9.17) is 11.5 Å². The number of carbonyl (C=O) groups is 1. The number of halogens is 3. The van der Waals surface area contributed by atoms with Crippen molar-refractivity contribution in [1.29, 1.82) is 0 Å². The van der Waals surface area contributed by atoms with Crippen LogP contribution in [0.2, 0.25) is 0 Å². The van der Waals surface area contributed by atoms with Crippen molar-refractivity contribution in [3.05, 3.63) is 77.0 Å². The molecule has 1 amide bonds. The highest BCUT2D eigenvalue weighted by Crippen LogP contribution is 2.39. The fourth-order valence-electron chi connectivity index (χ4n) is 4.68. The average Bonchev–Trinajstić information content (AvgIpc) is 2.76. The molecule has 5 N–H and O–H groups in total. The molecule has 0 bridgehead atoms. The fourth-order valence-corrected chi connectivity index (χ4v) is 4.68. The van der Waals surface area contributed by atoms with Gasteiger partial charge in [-0.1, -0.05) is 6.07 Å². The predicted molar refractivity (Wildman–Crippen MR) is 124 cm³/mol. The molecule has 0 radical (unpaired) electrons. The van der Waals surface area contributed by atoms with Gasteiger partial charge in [0.25, 0.3) is 5.91 Å². The highest BCUT2D eigenvalue weighted by molar-refractivity contribution is 6.03. The van der Waals surface area contributed by atoms with Gasteiger partial charge in [-0.05, 0) is 74.4 Å². The second kappa shape index (κ2) is 9.15. The quantitative estimate of drug-likeness (QED) is 0.524. The number of aromatic nitrogens is 2. The molecule has 3 aromatic rings. The first kappa shape index (κ1) is 23.8. The number of pyridine rings is 2. The van der Waals surface area contributed by atoms with Crippen LogP contribution in [0.15, 0.2) is 42.7 Å². The van der Waals surface area contributed by atoms with Crippen molar-refractivity contribution in [3.8, 4) is 11.3 Å². The second-order valence-electron chi connectivity index (χ2n) is 9.25. The molecule has 9 heteroatoms. The lowest BCUT2D eigenvalue weighted by atomic mass is 9.72. The minimum atomic E-state index is -0.972. The maximum absolute atomic E-state index is 14.6. The molecule has 1 saturated carbocycles. The zero-order chi connectivity index (χ0) is 24.6. The molecular formula is C25H26F3N5O. The molecule has 1 aliphatic rings. The molecule has 0 spiro atoms. The van der Waals surface area contributed by atoms with Gasteiger partial charge in [-0.15, -0.1) is 0 Å². The number of anilines is 1. The van der Waals surface area contributed by atoms with Gasteiger partial charge in [-0.3, -0.25) is 9.78 Å². The number of nitrogens with one attached hydrogen (secondary N) is 1. The maximum Gasteiger partial charge on any atom is 0.274 e. The second-order valence-corrected chi connectivity index (χ2v) is 9.25. The Kier molecular flexibility index (Phi) is 6.42. The summed E-state index contributed by atoms with van der Waals surface area (Å²) in [6.45, 7) is 3.38. The average molecular weight is 470 g/mol. The summed E-state index contributed by atoms with van der Waals surface area (Å²) < 4.78 is 43.4. The lowest BCUT2D eigenvalue weighted by Crippen LogP contribution is -2.48. The first-order valence-electron chi connectivity index (χ1n) is 11.0. The van der Waals surface area contributed by atoms with Crippen LogP contribution in [0.5, 0.6) is 0 Å². The summed E-state index contributed by atoms with van der Waals surface area (Å²) in [4.78, 5) is 21.1. The van der Waals surface area contributed by atoms with Gasteiger partial charge in [0.1, 0.15) is 28.8 Å². The Morgan fingerprint density at radius 2 is 1.85 bits per heavy atom. The maximum atomic E-state index is 14.6. The summed E-state index contributed by atoms with van der Waals surface area (Å²) >= 11 is 0. The van der Waals surface area contributed by atoms with Crippen LogP contribution in [-0.4, -0.2) is 27.5 Å². The van der Waals surface area contributed by atoms with Crippen molar-refractivity contribution in [2.24, 2.45) is 11.5 Å². The van der Waals surface area contributed by atoms with Crippen molar-refractivity contribution in [2.75, 3.05) is 5.32 Å². The molecule has 1 fully saturated rings. The zero-order valence-electron chi connectivity index (χ0n) is 18.9. The van der Waals surface area contributed by atoms with Crippen molar-refractivity contribution in [2.45, 2.75) is 50.6 Å². The zero-order valence-corrected chi connectivity index (χ0v) is 18.9. The van der Waals surface area contributed by atoms with Crippen LogP contribution in [0, 0.1) is 24.4 Å². The first-order chi connectivity index (χ1) is 16.1. The van der Waals surface area contributed by atoms with Gasteiger partial charge in [0.2, 0.25) is 0 Å². The molecule has 2 heterocycles. The molecular weight excluding hydrogens is 443 g/mol. The number of rotatable bonds is 4. The van der Waals surface area contributed by atoms with E-state index in [1.54, 1.807) is 12.3 Å². The van der Waals surface area contributed by atoms with Crippen molar-refractivity contribution in [3.63, 3.8) is 0 Å². The third-order valence-corrected chi connectivity index (χ3v) is 6.17. The van der Waals surface area contributed by atoms with Crippen LogP contribution >= 0.6 is 0 Å². The van der Waals surface area contributed by atoms with Gasteiger partial charge in [0, 0.05) is 17.8 Å². The van der Waals surface area contributed by atoms with Crippen LogP contribution in [0.4, 0.5) is 18.9 Å². The molecule has 1 unspecified atom stereocenters. The van der Waals surface area contributed by atoms with E-state index in [2.05, 4.69) is 15.3 Å². The minimum absolute atomic E-state index is 0.00396. The van der Waals surface area contributed by atoms with Gasteiger partial charge in [-0.25, -0.2) is 18.2 Å². The molecule has 1 aliphatic carbocycles. The Morgan fingerprint density at radius 3 is 2.59 bits per heavy atom. The van der Waals surface area contributed by atoms with Gasteiger partial charge in [0.15, 0.2) is 0 Å². The van der Waals surface area contributed by atoms with E-state index >= 15 is 0 Å². The van der Waals surface area contributed by atoms with Crippen LogP contribution in [-0.2, 0) is 0 Å². The smallest absolute Gasteiger partial charge is 0.274 e. The minimum Gasteiger partial charge on any atom is -0.328 e. The monoisotopic (exact) mass is 469 g/mol. The third kappa shape index (κ3) is 4.80. The normalized spacial score (nSPS) is 22.4. The van der Waals surface area contributed by atoms with Crippen molar-refractivity contribution in [1.82, 2.24) is 9.97 Å². The van der Waals surface area contributed by atoms with E-state index < -0.39 is 40.2 Å². The van der Waals surface area contributed by atoms with Gasteiger partial charge < -0.3 is 16.8 Å². The standard InChI is InChI=1S/C25H26F3N5O/c1-13-3-4-17(26)21(22(13)28)23-18(27)5-6-19(32-23)24(34)33-20-12-31-8-7-16(20)14-9-15(29)11-25(2,30)10-14/h3-8,12,14-15H,9-11,29-30H2,1-2H3,(H,33,34)/t14-,15+,25?/m0/s1. The van der Waals surface area contributed by atoms with Gasteiger partial charge in [-0.2, -0.15) is 0 Å². The number of benzene rings is 1. The number of nitrogens with two attached hydrogens (primary N) is 2. The van der Waals surface area contributed by atoms with Crippen LogP contribution in [0.3, 0.4) is 0 Å². The SMILES string of the molecule is Cc1ccc(F)c(-c2nc(C(=O)Nc3cnccc3[C@H]3C[C@@H](N)CC(C)(N)C3)ccc2F)c1F. The summed E-state index contributed by atoms with van der Waals surface area (Å²) in [6, 6.07) is 6.12. The van der Waals surface area contributed by atoms with Crippen LogP contribution in [0.1, 0.15) is 53.7 Å². The van der Waals surface area contributed by atoms with Gasteiger partial charge >= 0.3 is 0 Å². The van der Waals surface area contributed by atoms with E-state index in [0.29, 0.717) is 24.9 Å². The summed E-state index contributed by atoms with van der Waals surface area (Å²) in [6.07, 6.45) is 5.20. The summed E-state index contributed by atoms with van der Waals surface area (Å²) in [5.41, 5.74) is 12.2. The molecule has 0 saturated heterocycles. The molecule has 6 nitrogen and oxygen atoms in total. The predicted octanol–water partition coefficient (Wildman–Crippen LogP) is 4.43. The van der Waals surface area contributed by atoms with Crippen LogP contribution in [0.25, 0.3) is 11.3 Å². The van der Waals surface area contributed by atoms with Crippen molar-refractivity contribution >= 4 is 11.6 Å². The molecule has 3 atom stereocenters. The molecule has 0 aliphatic heterocycles. The lowest BCUT2D eigenvalue weighted by Gasteiger charge is -2.39. The van der Waals surface area contributed by atoms with E-state index in [1.165, 1.54) is 19.2 Å². The lowest BCUT2D eigenvalue weighted by molar-refractivity contribution is 0.102. The molecule has 178 valence electrons. The first-order valence-corrected chi connectivity index (χ1v) is 11.0. The van der Waals surface area contributed by atoms with E-state index in [1.807, 2.05) is 6.92 Å². The van der Waals surface area contributed by atoms with Crippen LogP contribution < -0.4 is 16.8 Å². The number of aryl methyl sites for hydroxylation is 1. The Hall–Kier alpha value is -3.30. The molecule has 2 aromatic heterocycles. The number of nitrogens with zero attached hydrogens (tertiary/aromatic N) is 2. The summed E-state index contributed by atoms with van der Waals surface area (Å²) in [7, 11) is 0. The number of hydrogen-bond donors (Lipinski definition) is 3. The highest BCUT2D eigenvalue weighted by Gasteiger charge is 2.34. The summed E-state index contributed by atoms with van der Waals surface area (Å²) in [5.74, 6) is -3.51. The van der Waals surface area contributed by atoms with E-state index in [-0.39, 0.29) is 23.2 Å². The molecule has 4 rings (SSSR count). The number of hydrogen-bond acceptors (Lipinski definition) is 5. The van der Waals surface area contributed by atoms with Gasteiger partial charge in [0.05, 0.1) is 17.4 Å². The Labute approximate surface area is 195 Å². The van der Waals surface area contributed by atoms with E-state index in [0.717, 1.165) is 23.8 Å². The number of amides is 1.